The Labute approximate surface area is 190 Å². The lowest BCUT2D eigenvalue weighted by atomic mass is 10.1. The van der Waals surface area contributed by atoms with Gasteiger partial charge in [0.1, 0.15) is 12.1 Å². The quantitative estimate of drug-likeness (QED) is 0.419. The van der Waals surface area contributed by atoms with Gasteiger partial charge in [-0.2, -0.15) is 0 Å². The summed E-state index contributed by atoms with van der Waals surface area (Å²) in [5, 5.41) is 0.768. The zero-order valence-electron chi connectivity index (χ0n) is 16.5. The van der Waals surface area contributed by atoms with Gasteiger partial charge in [-0.05, 0) is 52.2 Å². The predicted molar refractivity (Wildman–Crippen MR) is 121 cm³/mol. The molecule has 5 rings (SSSR count). The van der Waals surface area contributed by atoms with Gasteiger partial charge in [-0.15, -0.1) is 0 Å². The molecule has 0 bridgehead atoms. The van der Waals surface area contributed by atoms with E-state index in [4.69, 9.17) is 24.9 Å². The largest absolute Gasteiger partial charge is 0.497 e. The van der Waals surface area contributed by atoms with E-state index in [9.17, 15) is 0 Å². The zero-order valence-corrected chi connectivity index (χ0v) is 18.9. The minimum Gasteiger partial charge on any atom is -0.497 e. The van der Waals surface area contributed by atoms with Crippen LogP contribution in [0.3, 0.4) is 0 Å². The number of halogens is 1. The first-order chi connectivity index (χ1) is 15.1. The molecule has 1 aliphatic rings. The smallest absolute Gasteiger partial charge is 0.231 e. The standard InChI is InChI=1S/C21H18BrN5O3S/c1-28-13-4-2-3-12(7-13)5-6-27-20-18(19(23)24-10-25-20)26-21(27)31-17-9-16-15(8-14(17)22)29-11-30-16/h2-4,7-10H,5-6,11H2,1H3,(H2,23,24,25). The second-order valence-electron chi connectivity index (χ2n) is 6.82. The Balaban J connectivity index is 1.51. The highest BCUT2D eigenvalue weighted by molar-refractivity contribution is 9.10. The predicted octanol–water partition coefficient (Wildman–Crippen LogP) is 4.30. The van der Waals surface area contributed by atoms with E-state index in [-0.39, 0.29) is 6.79 Å². The number of fused-ring (bicyclic) bond motifs is 2. The van der Waals surface area contributed by atoms with Crippen molar-refractivity contribution in [1.82, 2.24) is 19.5 Å². The van der Waals surface area contributed by atoms with Crippen LogP contribution in [-0.2, 0) is 13.0 Å². The molecule has 31 heavy (non-hydrogen) atoms. The van der Waals surface area contributed by atoms with Gasteiger partial charge in [-0.25, -0.2) is 15.0 Å². The Kier molecular flexibility index (Phi) is 5.33. The minimum absolute atomic E-state index is 0.223. The molecule has 158 valence electrons. The number of ether oxygens (including phenoxy) is 3. The average Bonchev–Trinajstić information content (AvgIpc) is 3.37. The molecule has 0 fully saturated rings. The van der Waals surface area contributed by atoms with Crippen LogP contribution in [0.4, 0.5) is 5.82 Å². The van der Waals surface area contributed by atoms with Gasteiger partial charge < -0.3 is 24.5 Å². The number of nitrogens with two attached hydrogens (primary N) is 1. The molecular formula is C21H18BrN5O3S. The Morgan fingerprint density at radius 2 is 2.03 bits per heavy atom. The highest BCUT2D eigenvalue weighted by Crippen LogP contribution is 2.43. The third kappa shape index (κ3) is 3.88. The van der Waals surface area contributed by atoms with Gasteiger partial charge >= 0.3 is 0 Å². The van der Waals surface area contributed by atoms with E-state index in [1.54, 1.807) is 7.11 Å². The summed E-state index contributed by atoms with van der Waals surface area (Å²) in [6, 6.07) is 11.9. The molecule has 0 spiro atoms. The van der Waals surface area contributed by atoms with Crippen LogP contribution < -0.4 is 19.9 Å². The molecule has 0 saturated carbocycles. The summed E-state index contributed by atoms with van der Waals surface area (Å²) in [6.45, 7) is 0.895. The molecule has 0 saturated heterocycles. The Bertz CT molecular complexity index is 1280. The van der Waals surface area contributed by atoms with E-state index in [1.807, 2.05) is 30.3 Å². The van der Waals surface area contributed by atoms with E-state index in [2.05, 4.69) is 36.5 Å². The third-order valence-electron chi connectivity index (χ3n) is 4.91. The molecule has 0 radical (unpaired) electrons. The van der Waals surface area contributed by atoms with Crippen LogP contribution in [0.5, 0.6) is 17.2 Å². The molecule has 0 aliphatic carbocycles. The molecule has 10 heteroatoms. The monoisotopic (exact) mass is 499 g/mol. The molecule has 1 aliphatic heterocycles. The molecule has 2 aromatic carbocycles. The first kappa shape index (κ1) is 20.0. The fraction of sp³-hybridized carbons (Fsp3) is 0.190. The van der Waals surface area contributed by atoms with E-state index in [1.165, 1.54) is 18.1 Å². The summed E-state index contributed by atoms with van der Waals surface area (Å²) in [7, 11) is 1.67. The first-order valence-corrected chi connectivity index (χ1v) is 11.1. The van der Waals surface area contributed by atoms with Crippen LogP contribution in [0.1, 0.15) is 5.56 Å². The van der Waals surface area contributed by atoms with Crippen molar-refractivity contribution in [2.45, 2.75) is 23.0 Å². The average molecular weight is 500 g/mol. The SMILES string of the molecule is COc1cccc(CCn2c(Sc3cc4c(cc3Br)OCO4)nc3c(N)ncnc32)c1. The number of methoxy groups -OCH3 is 1. The van der Waals surface area contributed by atoms with Gasteiger partial charge in [0.15, 0.2) is 33.6 Å². The molecule has 0 atom stereocenters. The number of nitrogens with zero attached hydrogens (tertiary/aromatic N) is 4. The highest BCUT2D eigenvalue weighted by Gasteiger charge is 2.20. The van der Waals surface area contributed by atoms with Crippen molar-refractivity contribution in [1.29, 1.82) is 0 Å². The van der Waals surface area contributed by atoms with Crippen molar-refractivity contribution in [2.24, 2.45) is 0 Å². The second-order valence-corrected chi connectivity index (χ2v) is 8.68. The molecule has 0 unspecified atom stereocenters. The molecular weight excluding hydrogens is 482 g/mol. The molecule has 0 amide bonds. The van der Waals surface area contributed by atoms with Crippen LogP contribution in [0.25, 0.3) is 11.2 Å². The summed E-state index contributed by atoms with van der Waals surface area (Å²) < 4.78 is 19.3. The number of rotatable bonds is 6. The van der Waals surface area contributed by atoms with Crippen LogP contribution in [-0.4, -0.2) is 33.4 Å². The lowest BCUT2D eigenvalue weighted by Crippen LogP contribution is -2.04. The summed E-state index contributed by atoms with van der Waals surface area (Å²) in [6.07, 6.45) is 2.24. The van der Waals surface area contributed by atoms with Crippen LogP contribution in [0.15, 0.2) is 57.3 Å². The van der Waals surface area contributed by atoms with Crippen molar-refractivity contribution in [3.63, 3.8) is 0 Å². The first-order valence-electron chi connectivity index (χ1n) is 9.49. The number of benzene rings is 2. The lowest BCUT2D eigenvalue weighted by molar-refractivity contribution is 0.174. The number of nitrogen functional groups attached to an aromatic ring is 1. The molecule has 3 heterocycles. The normalized spacial score (nSPS) is 12.5. The van der Waals surface area contributed by atoms with E-state index in [0.29, 0.717) is 29.3 Å². The maximum absolute atomic E-state index is 6.08. The van der Waals surface area contributed by atoms with Crippen molar-refractivity contribution >= 4 is 44.7 Å². The van der Waals surface area contributed by atoms with Crippen molar-refractivity contribution in [2.75, 3.05) is 19.6 Å². The highest BCUT2D eigenvalue weighted by atomic mass is 79.9. The van der Waals surface area contributed by atoms with E-state index < -0.39 is 0 Å². The molecule has 8 nitrogen and oxygen atoms in total. The maximum Gasteiger partial charge on any atom is 0.231 e. The van der Waals surface area contributed by atoms with Crippen LogP contribution in [0, 0.1) is 0 Å². The summed E-state index contributed by atoms with van der Waals surface area (Å²) in [4.78, 5) is 14.2. The van der Waals surface area contributed by atoms with Crippen LogP contribution >= 0.6 is 27.7 Å². The Morgan fingerprint density at radius 1 is 1.19 bits per heavy atom. The Hall–Kier alpha value is -2.98. The number of aromatic nitrogens is 4. The van der Waals surface area contributed by atoms with Gasteiger partial charge in [0.25, 0.3) is 0 Å². The molecule has 2 aromatic heterocycles. The van der Waals surface area contributed by atoms with Gasteiger partial charge in [0.2, 0.25) is 6.79 Å². The maximum atomic E-state index is 6.08. The van der Waals surface area contributed by atoms with Gasteiger partial charge in [0, 0.05) is 15.9 Å². The van der Waals surface area contributed by atoms with Crippen LogP contribution in [0.2, 0.25) is 0 Å². The van der Waals surface area contributed by atoms with Gasteiger partial charge in [-0.1, -0.05) is 23.9 Å². The number of hydrogen-bond donors (Lipinski definition) is 1. The van der Waals surface area contributed by atoms with E-state index in [0.717, 1.165) is 38.0 Å². The number of imidazole rings is 1. The fourth-order valence-electron chi connectivity index (χ4n) is 3.36. The van der Waals surface area contributed by atoms with Gasteiger partial charge in [0.05, 0.1) is 7.11 Å². The summed E-state index contributed by atoms with van der Waals surface area (Å²) >= 11 is 5.13. The number of aryl methyl sites for hydroxylation is 2. The number of hydrogen-bond acceptors (Lipinski definition) is 8. The molecule has 2 N–H and O–H groups in total. The summed E-state index contributed by atoms with van der Waals surface area (Å²) in [5.41, 5.74) is 8.53. The summed E-state index contributed by atoms with van der Waals surface area (Å²) in [5.74, 6) is 2.62. The third-order valence-corrected chi connectivity index (χ3v) is 6.88. The van der Waals surface area contributed by atoms with Crippen molar-refractivity contribution < 1.29 is 14.2 Å². The van der Waals surface area contributed by atoms with Crippen molar-refractivity contribution in [3.05, 3.63) is 52.8 Å². The van der Waals surface area contributed by atoms with E-state index >= 15 is 0 Å². The number of anilines is 1. The topological polar surface area (TPSA) is 97.3 Å². The zero-order chi connectivity index (χ0) is 21.4. The lowest BCUT2D eigenvalue weighted by Gasteiger charge is -2.10. The fourth-order valence-corrected chi connectivity index (χ4v) is 4.87. The second kappa shape index (κ2) is 8.27. The Morgan fingerprint density at radius 3 is 2.87 bits per heavy atom. The molecule has 4 aromatic rings. The minimum atomic E-state index is 0.223. The van der Waals surface area contributed by atoms with Crippen molar-refractivity contribution in [3.8, 4) is 17.2 Å². The van der Waals surface area contributed by atoms with Gasteiger partial charge in [-0.3, -0.25) is 0 Å².